The molecule has 1 unspecified atom stereocenters. The van der Waals surface area contributed by atoms with Gasteiger partial charge in [0.2, 0.25) is 10.0 Å². The van der Waals surface area contributed by atoms with Crippen molar-refractivity contribution in [1.82, 2.24) is 20.0 Å². The van der Waals surface area contributed by atoms with Gasteiger partial charge in [0.25, 0.3) is 5.91 Å². The van der Waals surface area contributed by atoms with Crippen LogP contribution < -0.4 is 10.2 Å². The summed E-state index contributed by atoms with van der Waals surface area (Å²) < 4.78 is 79.6. The summed E-state index contributed by atoms with van der Waals surface area (Å²) in [6, 6.07) is 8.92. The van der Waals surface area contributed by atoms with Gasteiger partial charge < -0.3 is 9.47 Å². The maximum Gasteiger partial charge on any atom is 0.434 e. The Hall–Kier alpha value is -2.68. The number of hydroxylamine groups is 1. The smallest absolute Gasteiger partial charge is 0.434 e. The second-order valence-electron chi connectivity index (χ2n) is 8.15. The van der Waals surface area contributed by atoms with Gasteiger partial charge in [-0.1, -0.05) is 31.5 Å². The number of carbonyl (C=O) groups is 1. The third-order valence-electron chi connectivity index (χ3n) is 5.43. The van der Waals surface area contributed by atoms with E-state index in [1.165, 1.54) is 6.92 Å². The summed E-state index contributed by atoms with van der Waals surface area (Å²) in [7, 11) is -4.74. The number of hydrogen-bond acceptors (Lipinski definition) is 7. The number of benzene rings is 1. The van der Waals surface area contributed by atoms with Crippen LogP contribution in [0.15, 0.2) is 35.2 Å². The first-order valence-electron chi connectivity index (χ1n) is 11.5. The van der Waals surface area contributed by atoms with Crippen molar-refractivity contribution in [3.8, 4) is 5.75 Å². The van der Waals surface area contributed by atoms with Crippen LogP contribution in [0.25, 0.3) is 0 Å². The first-order chi connectivity index (χ1) is 17.0. The lowest BCUT2D eigenvalue weighted by Gasteiger charge is -2.31. The summed E-state index contributed by atoms with van der Waals surface area (Å²) in [5.74, 6) is -0.645. The highest BCUT2D eigenvalue weighted by atomic mass is 32.2. The number of rotatable bonds is 11. The van der Waals surface area contributed by atoms with Gasteiger partial charge >= 0.3 is 6.18 Å². The van der Waals surface area contributed by atoms with Crippen molar-refractivity contribution < 1.29 is 40.7 Å². The Morgan fingerprint density at radius 3 is 2.53 bits per heavy atom. The number of nitrogens with zero attached hydrogens (tertiary/aromatic N) is 2. The number of halogens is 3. The Labute approximate surface area is 207 Å². The zero-order valence-electron chi connectivity index (χ0n) is 19.9. The lowest BCUT2D eigenvalue weighted by molar-refractivity contribution is -0.159. The Morgan fingerprint density at radius 2 is 1.92 bits per heavy atom. The highest BCUT2D eigenvalue weighted by molar-refractivity contribution is 7.89. The van der Waals surface area contributed by atoms with Crippen LogP contribution >= 0.6 is 0 Å². The second kappa shape index (κ2) is 12.0. The number of H-pyrrole nitrogens is 1. The fourth-order valence-electron chi connectivity index (χ4n) is 3.55. The molecule has 1 aliphatic heterocycles. The number of para-hydroxylation sites is 1. The Morgan fingerprint density at radius 1 is 1.25 bits per heavy atom. The Balaban J connectivity index is 1.75. The largest absolute Gasteiger partial charge is 0.490 e. The fraction of sp³-hybridized carbons (Fsp3) is 0.545. The normalized spacial score (nSPS) is 16.6. The molecule has 14 heteroatoms. The van der Waals surface area contributed by atoms with Gasteiger partial charge in [-0.25, -0.2) is 18.7 Å². The molecule has 1 amide bonds. The van der Waals surface area contributed by atoms with Crippen LogP contribution in [0.1, 0.15) is 55.7 Å². The SMILES string of the molecule is CCCCOC(C)ONC(=O)c1n[nH]c(C(F)(F)F)c1S(=O)(=O)N1CCC(Oc2ccccc2)CC1. The van der Waals surface area contributed by atoms with Crippen LogP contribution in [0.5, 0.6) is 5.75 Å². The lowest BCUT2D eigenvalue weighted by atomic mass is 10.1. The van der Waals surface area contributed by atoms with Crippen LogP contribution in [-0.4, -0.2) is 60.9 Å². The summed E-state index contributed by atoms with van der Waals surface area (Å²) >= 11 is 0. The van der Waals surface area contributed by atoms with Crippen molar-refractivity contribution in [2.24, 2.45) is 0 Å². The van der Waals surface area contributed by atoms with E-state index in [2.05, 4.69) is 5.10 Å². The lowest BCUT2D eigenvalue weighted by Crippen LogP contribution is -2.42. The number of ether oxygens (including phenoxy) is 2. The number of amides is 1. The molecule has 0 radical (unpaired) electrons. The Kier molecular flexibility index (Phi) is 9.33. The van der Waals surface area contributed by atoms with E-state index in [4.69, 9.17) is 14.3 Å². The fourth-order valence-corrected chi connectivity index (χ4v) is 5.30. The molecule has 2 N–H and O–H groups in total. The molecule has 1 fully saturated rings. The van der Waals surface area contributed by atoms with Gasteiger partial charge in [-0.15, -0.1) is 0 Å². The van der Waals surface area contributed by atoms with E-state index in [9.17, 15) is 26.4 Å². The van der Waals surface area contributed by atoms with Crippen molar-refractivity contribution in [2.45, 2.75) is 63.0 Å². The molecular formula is C22H29F3N4O6S. The molecule has 10 nitrogen and oxygen atoms in total. The number of carbonyl (C=O) groups excluding carboxylic acids is 1. The molecule has 1 atom stereocenters. The molecule has 1 aliphatic rings. The average molecular weight is 535 g/mol. The van der Waals surface area contributed by atoms with Crippen molar-refractivity contribution in [2.75, 3.05) is 19.7 Å². The van der Waals surface area contributed by atoms with Gasteiger partial charge in [0.15, 0.2) is 17.7 Å². The molecule has 200 valence electrons. The summed E-state index contributed by atoms with van der Waals surface area (Å²) in [6.07, 6.45) is -4.20. The van der Waals surface area contributed by atoms with Gasteiger partial charge in [-0.05, 0) is 38.3 Å². The molecule has 0 saturated carbocycles. The number of unbranched alkanes of at least 4 members (excludes halogenated alkanes) is 1. The molecule has 2 aromatic rings. The monoisotopic (exact) mass is 534 g/mol. The molecule has 3 rings (SSSR count). The molecule has 36 heavy (non-hydrogen) atoms. The van der Waals surface area contributed by atoms with E-state index in [1.54, 1.807) is 29.4 Å². The summed E-state index contributed by atoms with van der Waals surface area (Å²) in [6.45, 7) is 3.58. The van der Waals surface area contributed by atoms with Gasteiger partial charge in [-0.2, -0.15) is 22.6 Å². The molecule has 1 aromatic heterocycles. The minimum absolute atomic E-state index is 0.0951. The standard InChI is InChI=1S/C22H29F3N4O6S/c1-3-4-14-33-15(2)35-28-21(30)18-19(20(27-26-18)22(23,24)25)36(31,32)29-12-10-17(11-13-29)34-16-8-6-5-7-9-16/h5-9,15,17H,3-4,10-14H2,1-2H3,(H,26,27)(H,28,30). The van der Waals surface area contributed by atoms with Gasteiger partial charge in [0.05, 0.1) is 0 Å². The van der Waals surface area contributed by atoms with E-state index >= 15 is 0 Å². The molecule has 1 saturated heterocycles. The maximum atomic E-state index is 13.7. The first-order valence-corrected chi connectivity index (χ1v) is 12.9. The zero-order chi connectivity index (χ0) is 26.3. The topological polar surface area (TPSA) is 123 Å². The van der Waals surface area contributed by atoms with E-state index in [1.807, 2.05) is 18.5 Å². The molecule has 0 spiro atoms. The van der Waals surface area contributed by atoms with Crippen LogP contribution in [0.2, 0.25) is 0 Å². The summed E-state index contributed by atoms with van der Waals surface area (Å²) in [4.78, 5) is 16.3. The molecular weight excluding hydrogens is 505 g/mol. The molecule has 0 aliphatic carbocycles. The zero-order valence-corrected chi connectivity index (χ0v) is 20.7. The minimum atomic E-state index is -5.10. The van der Waals surface area contributed by atoms with Crippen LogP contribution in [0.4, 0.5) is 13.2 Å². The predicted octanol–water partition coefficient (Wildman–Crippen LogP) is 3.48. The molecule has 2 heterocycles. The minimum Gasteiger partial charge on any atom is -0.490 e. The van der Waals surface area contributed by atoms with Crippen molar-refractivity contribution in [3.05, 3.63) is 41.7 Å². The number of nitrogens with one attached hydrogen (secondary N) is 2. The first kappa shape index (κ1) is 27.9. The number of piperidine rings is 1. The summed E-state index contributed by atoms with van der Waals surface area (Å²) in [5, 5.41) is 5.02. The van der Waals surface area contributed by atoms with E-state index in [0.29, 0.717) is 12.4 Å². The maximum absolute atomic E-state index is 13.7. The molecule has 1 aromatic carbocycles. The number of aromatic amines is 1. The predicted molar refractivity (Wildman–Crippen MR) is 121 cm³/mol. The van der Waals surface area contributed by atoms with E-state index < -0.39 is 44.7 Å². The van der Waals surface area contributed by atoms with Gasteiger partial charge in [-0.3, -0.25) is 9.89 Å². The van der Waals surface area contributed by atoms with Gasteiger partial charge in [0.1, 0.15) is 16.7 Å². The van der Waals surface area contributed by atoms with Crippen LogP contribution in [0, 0.1) is 0 Å². The number of hydrogen-bond donors (Lipinski definition) is 2. The van der Waals surface area contributed by atoms with Crippen molar-refractivity contribution >= 4 is 15.9 Å². The van der Waals surface area contributed by atoms with Crippen LogP contribution in [0.3, 0.4) is 0 Å². The Bertz CT molecular complexity index is 1100. The number of aromatic nitrogens is 2. The second-order valence-corrected chi connectivity index (χ2v) is 10.0. The third-order valence-corrected chi connectivity index (χ3v) is 7.39. The van der Waals surface area contributed by atoms with E-state index in [0.717, 1.165) is 17.1 Å². The van der Waals surface area contributed by atoms with Crippen LogP contribution in [-0.2, 0) is 25.8 Å². The highest BCUT2D eigenvalue weighted by Gasteiger charge is 2.45. The quantitative estimate of drug-likeness (QED) is 0.257. The summed E-state index contributed by atoms with van der Waals surface area (Å²) in [5.41, 5.74) is -0.666. The number of alkyl halides is 3. The van der Waals surface area contributed by atoms with Crippen molar-refractivity contribution in [1.29, 1.82) is 0 Å². The average Bonchev–Trinajstić information content (AvgIpc) is 3.31. The number of sulfonamides is 1. The highest BCUT2D eigenvalue weighted by Crippen LogP contribution is 2.36. The van der Waals surface area contributed by atoms with E-state index in [-0.39, 0.29) is 32.0 Å². The third kappa shape index (κ3) is 6.96. The van der Waals surface area contributed by atoms with Crippen molar-refractivity contribution in [3.63, 3.8) is 0 Å². The molecule has 0 bridgehead atoms. The van der Waals surface area contributed by atoms with Gasteiger partial charge in [0, 0.05) is 19.7 Å².